The molecule has 0 aliphatic carbocycles. The van der Waals surface area contributed by atoms with Gasteiger partial charge in [0.2, 0.25) is 15.9 Å². The minimum atomic E-state index is -3.87. The van der Waals surface area contributed by atoms with Gasteiger partial charge in [-0.05, 0) is 78.0 Å². The van der Waals surface area contributed by atoms with Crippen molar-refractivity contribution in [3.05, 3.63) is 23.8 Å². The number of rotatable bonds is 5. The Balaban J connectivity index is 1.61. The number of sulfonamides is 1. The molecule has 190 valence electrons. The van der Waals surface area contributed by atoms with E-state index in [0.29, 0.717) is 51.3 Å². The molecule has 0 radical (unpaired) electrons. The van der Waals surface area contributed by atoms with Gasteiger partial charge in [0.25, 0.3) is 0 Å². The second-order valence-electron chi connectivity index (χ2n) is 10.7. The number of carbonyl (C=O) groups excluding carboxylic acids is 1. The van der Waals surface area contributed by atoms with Gasteiger partial charge < -0.3 is 19.7 Å². The zero-order valence-corrected chi connectivity index (χ0v) is 21.9. The third-order valence-corrected chi connectivity index (χ3v) is 9.15. The van der Waals surface area contributed by atoms with Crippen LogP contribution in [0.25, 0.3) is 0 Å². The number of amides is 1. The summed E-state index contributed by atoms with van der Waals surface area (Å²) < 4.78 is 40.9. The van der Waals surface area contributed by atoms with E-state index in [1.807, 2.05) is 32.9 Å². The number of hydrogen-bond acceptors (Lipinski definition) is 6. The monoisotopic (exact) mass is 493 g/mol. The maximum atomic E-state index is 14.0. The molecule has 4 rings (SSSR count). The van der Waals surface area contributed by atoms with Crippen LogP contribution in [0.2, 0.25) is 0 Å². The normalized spacial score (nSPS) is 30.3. The molecule has 3 aliphatic heterocycles. The molecule has 3 saturated heterocycles. The first-order valence-electron chi connectivity index (χ1n) is 12.4. The van der Waals surface area contributed by atoms with Crippen LogP contribution in [0.4, 0.5) is 5.69 Å². The van der Waals surface area contributed by atoms with Gasteiger partial charge in [-0.3, -0.25) is 4.79 Å². The Morgan fingerprint density at radius 3 is 2.53 bits per heavy atom. The van der Waals surface area contributed by atoms with Gasteiger partial charge in [-0.25, -0.2) is 8.42 Å². The van der Waals surface area contributed by atoms with Crippen molar-refractivity contribution in [1.82, 2.24) is 9.62 Å². The van der Waals surface area contributed by atoms with Crippen LogP contribution in [-0.4, -0.2) is 74.8 Å². The van der Waals surface area contributed by atoms with Crippen LogP contribution < -0.4 is 10.2 Å². The van der Waals surface area contributed by atoms with Gasteiger partial charge in [-0.1, -0.05) is 6.07 Å². The average molecular weight is 494 g/mol. The molecule has 8 nitrogen and oxygen atoms in total. The molecule has 0 aromatic heterocycles. The second kappa shape index (κ2) is 9.76. The summed E-state index contributed by atoms with van der Waals surface area (Å²) in [5.74, 6) is -0.203. The van der Waals surface area contributed by atoms with Crippen LogP contribution in [0.1, 0.15) is 58.9 Å². The average Bonchev–Trinajstić information content (AvgIpc) is 3.24. The molecule has 3 heterocycles. The predicted octanol–water partition coefficient (Wildman–Crippen LogP) is 2.84. The van der Waals surface area contributed by atoms with E-state index >= 15 is 0 Å². The fourth-order valence-corrected chi connectivity index (χ4v) is 7.42. The lowest BCUT2D eigenvalue weighted by atomic mass is 9.93. The molecule has 3 aliphatic rings. The smallest absolute Gasteiger partial charge is 0.245 e. The van der Waals surface area contributed by atoms with Crippen molar-refractivity contribution in [3.63, 3.8) is 0 Å². The number of nitrogens with one attached hydrogen (secondary N) is 1. The third kappa shape index (κ3) is 5.12. The molecule has 3 fully saturated rings. The Morgan fingerprint density at radius 1 is 1.15 bits per heavy atom. The molecule has 1 aromatic carbocycles. The SMILES string of the molecule is Cc1ccc(S(=O)(=O)N2CCC[C@H]2C(=O)NC2CCOC(C)(C)C2)c(N2[C@@H](C)COC[C@@H]2C)c1. The number of hydrogen-bond donors (Lipinski definition) is 1. The van der Waals surface area contributed by atoms with E-state index in [1.54, 1.807) is 6.07 Å². The number of benzene rings is 1. The quantitative estimate of drug-likeness (QED) is 0.679. The first kappa shape index (κ1) is 25.4. The van der Waals surface area contributed by atoms with Crippen LogP contribution in [0.15, 0.2) is 23.1 Å². The van der Waals surface area contributed by atoms with E-state index in [2.05, 4.69) is 24.1 Å². The molecule has 9 heteroatoms. The number of aryl methyl sites for hydroxylation is 1. The largest absolute Gasteiger partial charge is 0.377 e. The van der Waals surface area contributed by atoms with Gasteiger partial charge in [-0.2, -0.15) is 4.31 Å². The van der Waals surface area contributed by atoms with E-state index < -0.39 is 16.1 Å². The van der Waals surface area contributed by atoms with Gasteiger partial charge in [0.15, 0.2) is 0 Å². The lowest BCUT2D eigenvalue weighted by Gasteiger charge is -2.42. The van der Waals surface area contributed by atoms with Gasteiger partial charge >= 0.3 is 0 Å². The van der Waals surface area contributed by atoms with Gasteiger partial charge in [0.05, 0.1) is 24.5 Å². The summed E-state index contributed by atoms with van der Waals surface area (Å²) in [5, 5.41) is 3.12. The standard InChI is InChI=1S/C25H39N3O5S/c1-17-8-9-23(22(13-17)28-18(2)15-32-16-19(28)3)34(30,31)27-11-6-7-21(27)24(29)26-20-10-12-33-25(4,5)14-20/h8-9,13,18-21H,6-7,10-12,14-16H2,1-5H3,(H,26,29)/t18-,19-,20?,21-/m0/s1. The molecule has 0 saturated carbocycles. The Hall–Kier alpha value is -1.68. The first-order chi connectivity index (χ1) is 16.0. The van der Waals surface area contributed by atoms with Gasteiger partial charge in [0, 0.05) is 31.3 Å². The maximum absolute atomic E-state index is 14.0. The van der Waals surface area contributed by atoms with E-state index in [0.717, 1.165) is 12.0 Å². The second-order valence-corrected chi connectivity index (χ2v) is 12.6. The van der Waals surface area contributed by atoms with Gasteiger partial charge in [0.1, 0.15) is 10.9 Å². The molecule has 4 atom stereocenters. The summed E-state index contributed by atoms with van der Waals surface area (Å²) in [7, 11) is -3.87. The number of nitrogens with zero attached hydrogens (tertiary/aromatic N) is 2. The summed E-state index contributed by atoms with van der Waals surface area (Å²) in [6, 6.07) is 4.88. The third-order valence-electron chi connectivity index (χ3n) is 7.20. The summed E-state index contributed by atoms with van der Waals surface area (Å²) >= 11 is 0. The molecule has 0 spiro atoms. The zero-order valence-electron chi connectivity index (χ0n) is 21.0. The molecule has 1 amide bonds. The molecule has 0 bridgehead atoms. The minimum Gasteiger partial charge on any atom is -0.377 e. The molecular formula is C25H39N3O5S. The Kier molecular flexibility index (Phi) is 7.29. The lowest BCUT2D eigenvalue weighted by molar-refractivity contribution is -0.127. The summed E-state index contributed by atoms with van der Waals surface area (Å²) in [6.45, 7) is 12.1. The van der Waals surface area contributed by atoms with Crippen molar-refractivity contribution in [2.24, 2.45) is 0 Å². The predicted molar refractivity (Wildman–Crippen MR) is 132 cm³/mol. The first-order valence-corrected chi connectivity index (χ1v) is 13.9. The summed E-state index contributed by atoms with van der Waals surface area (Å²) in [5.41, 5.74) is 1.40. The summed E-state index contributed by atoms with van der Waals surface area (Å²) in [6.07, 6.45) is 2.65. The van der Waals surface area contributed by atoms with Crippen molar-refractivity contribution in [3.8, 4) is 0 Å². The van der Waals surface area contributed by atoms with Crippen molar-refractivity contribution >= 4 is 21.6 Å². The topological polar surface area (TPSA) is 88.2 Å². The highest BCUT2D eigenvalue weighted by Crippen LogP contribution is 2.36. The van der Waals surface area contributed by atoms with Crippen molar-refractivity contribution in [2.45, 2.75) is 95.0 Å². The molecule has 1 unspecified atom stereocenters. The highest BCUT2D eigenvalue weighted by atomic mass is 32.2. The van der Waals surface area contributed by atoms with Crippen molar-refractivity contribution < 1.29 is 22.7 Å². The summed E-state index contributed by atoms with van der Waals surface area (Å²) in [4.78, 5) is 15.7. The van der Waals surface area contributed by atoms with Crippen LogP contribution in [-0.2, 0) is 24.3 Å². The maximum Gasteiger partial charge on any atom is 0.245 e. The van der Waals surface area contributed by atoms with E-state index in [1.165, 1.54) is 4.31 Å². The fraction of sp³-hybridized carbons (Fsp3) is 0.720. The Bertz CT molecular complexity index is 1000. The Morgan fingerprint density at radius 2 is 1.85 bits per heavy atom. The van der Waals surface area contributed by atoms with Crippen LogP contribution >= 0.6 is 0 Å². The lowest BCUT2D eigenvalue weighted by Crippen LogP contribution is -2.52. The number of anilines is 1. The number of carbonyl (C=O) groups is 1. The van der Waals surface area contributed by atoms with Crippen LogP contribution in [0, 0.1) is 6.92 Å². The molecule has 1 aromatic rings. The van der Waals surface area contributed by atoms with Crippen molar-refractivity contribution in [2.75, 3.05) is 31.3 Å². The highest BCUT2D eigenvalue weighted by Gasteiger charge is 2.42. The molecule has 1 N–H and O–H groups in total. The van der Waals surface area contributed by atoms with Crippen molar-refractivity contribution in [1.29, 1.82) is 0 Å². The van der Waals surface area contributed by atoms with Gasteiger partial charge in [-0.15, -0.1) is 0 Å². The number of ether oxygens (including phenoxy) is 2. The molecule has 34 heavy (non-hydrogen) atoms. The van der Waals surface area contributed by atoms with Crippen LogP contribution in [0.3, 0.4) is 0 Å². The highest BCUT2D eigenvalue weighted by molar-refractivity contribution is 7.89. The van der Waals surface area contributed by atoms with E-state index in [-0.39, 0.29) is 34.5 Å². The fourth-order valence-electron chi connectivity index (χ4n) is 5.59. The Labute approximate surface area is 204 Å². The minimum absolute atomic E-state index is 0.00797. The molecular weight excluding hydrogens is 454 g/mol. The number of morpholine rings is 1. The van der Waals surface area contributed by atoms with E-state index in [4.69, 9.17) is 9.47 Å². The van der Waals surface area contributed by atoms with E-state index in [9.17, 15) is 13.2 Å². The zero-order chi connectivity index (χ0) is 24.7. The van der Waals surface area contributed by atoms with Crippen LogP contribution in [0.5, 0.6) is 0 Å².